The van der Waals surface area contributed by atoms with E-state index in [0.29, 0.717) is 19.2 Å². The maximum atomic E-state index is 10.00. The highest BCUT2D eigenvalue weighted by Crippen LogP contribution is 2.62. The van der Waals surface area contributed by atoms with Gasteiger partial charge in [-0.15, -0.1) is 0 Å². The van der Waals surface area contributed by atoms with Gasteiger partial charge in [0.25, 0.3) is 0 Å². The Bertz CT molecular complexity index is 459. The highest BCUT2D eigenvalue weighted by Gasteiger charge is 2.64. The third-order valence-corrected chi connectivity index (χ3v) is 5.31. The van der Waals surface area contributed by atoms with Crippen LogP contribution in [0.1, 0.15) is 27.7 Å². The molecular weight excluding hydrogens is 318 g/mol. The molecule has 3 nitrogen and oxygen atoms in total. The summed E-state index contributed by atoms with van der Waals surface area (Å²) >= 11 is 3.40. The van der Waals surface area contributed by atoms with Crippen LogP contribution in [0.2, 0.25) is 0 Å². The van der Waals surface area contributed by atoms with E-state index in [1.54, 1.807) is 0 Å². The minimum atomic E-state index is -0.499. The number of halogens is 1. The van der Waals surface area contributed by atoms with Crippen molar-refractivity contribution in [2.75, 3.05) is 13.2 Å². The SMILES string of the molecule is CC1(C)C(NCC(O)COc2cccc(Br)c2)C1(C)C. The van der Waals surface area contributed by atoms with Gasteiger partial charge in [-0.2, -0.15) is 0 Å². The van der Waals surface area contributed by atoms with Crippen molar-refractivity contribution in [1.82, 2.24) is 5.32 Å². The van der Waals surface area contributed by atoms with Gasteiger partial charge in [0, 0.05) is 17.1 Å². The summed E-state index contributed by atoms with van der Waals surface area (Å²) in [4.78, 5) is 0. The molecule has 20 heavy (non-hydrogen) atoms. The number of hydrogen-bond donors (Lipinski definition) is 2. The Labute approximate surface area is 129 Å². The second-order valence-corrected chi connectivity index (χ2v) is 7.62. The molecule has 2 rings (SSSR count). The predicted octanol–water partition coefficient (Wildman–Crippen LogP) is 3.21. The first-order valence-corrected chi connectivity index (χ1v) is 7.84. The molecule has 0 aromatic heterocycles. The minimum absolute atomic E-state index is 0.290. The first kappa shape index (κ1) is 15.8. The summed E-state index contributed by atoms with van der Waals surface area (Å²) in [7, 11) is 0. The second-order valence-electron chi connectivity index (χ2n) is 6.71. The van der Waals surface area contributed by atoms with Crippen LogP contribution in [-0.2, 0) is 0 Å². The van der Waals surface area contributed by atoms with Crippen LogP contribution in [0, 0.1) is 10.8 Å². The topological polar surface area (TPSA) is 41.5 Å². The lowest BCUT2D eigenvalue weighted by atomic mass is 10.0. The summed E-state index contributed by atoms with van der Waals surface area (Å²) < 4.78 is 6.56. The Morgan fingerprint density at radius 1 is 1.30 bits per heavy atom. The van der Waals surface area contributed by atoms with Crippen molar-refractivity contribution in [1.29, 1.82) is 0 Å². The monoisotopic (exact) mass is 341 g/mol. The van der Waals surface area contributed by atoms with Crippen molar-refractivity contribution in [3.63, 3.8) is 0 Å². The maximum absolute atomic E-state index is 10.00. The predicted molar refractivity (Wildman–Crippen MR) is 85.0 cm³/mol. The van der Waals surface area contributed by atoms with Crippen LogP contribution in [0.4, 0.5) is 0 Å². The van der Waals surface area contributed by atoms with Crippen molar-refractivity contribution in [2.24, 2.45) is 10.8 Å². The molecule has 1 aliphatic carbocycles. The van der Waals surface area contributed by atoms with Gasteiger partial charge < -0.3 is 15.2 Å². The number of nitrogens with one attached hydrogen (secondary N) is 1. The van der Waals surface area contributed by atoms with E-state index < -0.39 is 6.10 Å². The van der Waals surface area contributed by atoms with E-state index in [2.05, 4.69) is 48.9 Å². The van der Waals surface area contributed by atoms with Crippen LogP contribution in [0.15, 0.2) is 28.7 Å². The summed E-state index contributed by atoms with van der Waals surface area (Å²) in [5, 5.41) is 13.4. The fraction of sp³-hybridized carbons (Fsp3) is 0.625. The van der Waals surface area contributed by atoms with Crippen LogP contribution in [0.25, 0.3) is 0 Å². The van der Waals surface area contributed by atoms with Crippen LogP contribution in [0.3, 0.4) is 0 Å². The van der Waals surface area contributed by atoms with Gasteiger partial charge in [0.05, 0.1) is 0 Å². The number of aliphatic hydroxyl groups is 1. The molecule has 0 spiro atoms. The van der Waals surface area contributed by atoms with Gasteiger partial charge in [0.2, 0.25) is 0 Å². The van der Waals surface area contributed by atoms with Gasteiger partial charge in [0.1, 0.15) is 18.5 Å². The third-order valence-electron chi connectivity index (χ3n) is 4.82. The fourth-order valence-electron chi connectivity index (χ4n) is 2.77. The number of rotatable bonds is 6. The molecule has 0 aliphatic heterocycles. The van der Waals surface area contributed by atoms with E-state index in [4.69, 9.17) is 4.74 Å². The van der Waals surface area contributed by atoms with Gasteiger partial charge >= 0.3 is 0 Å². The molecule has 1 unspecified atom stereocenters. The average molecular weight is 342 g/mol. The Hall–Kier alpha value is -0.580. The van der Waals surface area contributed by atoms with Gasteiger partial charge in [-0.05, 0) is 29.0 Å². The number of hydrogen-bond acceptors (Lipinski definition) is 3. The second kappa shape index (κ2) is 5.66. The lowest BCUT2D eigenvalue weighted by Gasteiger charge is -2.14. The Kier molecular flexibility index (Phi) is 4.47. The van der Waals surface area contributed by atoms with E-state index in [0.717, 1.165) is 10.2 Å². The van der Waals surface area contributed by atoms with Crippen LogP contribution in [-0.4, -0.2) is 30.4 Å². The average Bonchev–Trinajstić information content (AvgIpc) is 2.75. The first-order valence-electron chi connectivity index (χ1n) is 7.05. The molecule has 0 amide bonds. The Morgan fingerprint density at radius 3 is 2.50 bits per heavy atom. The first-order chi connectivity index (χ1) is 9.25. The molecule has 0 radical (unpaired) electrons. The summed E-state index contributed by atoms with van der Waals surface area (Å²) in [6.07, 6.45) is -0.499. The standard InChI is InChI=1S/C16H24BrNO2/c1-15(2)14(16(15,3)4)18-9-12(19)10-20-13-7-5-6-11(17)8-13/h5-8,12,14,18-19H,9-10H2,1-4H3. The molecule has 1 aromatic carbocycles. The highest BCUT2D eigenvalue weighted by molar-refractivity contribution is 9.10. The molecule has 2 N–H and O–H groups in total. The Morgan fingerprint density at radius 2 is 1.95 bits per heavy atom. The summed E-state index contributed by atoms with van der Waals surface area (Å²) in [6.45, 7) is 9.90. The molecule has 4 heteroatoms. The lowest BCUT2D eigenvalue weighted by molar-refractivity contribution is 0.105. The molecule has 1 saturated carbocycles. The normalized spacial score (nSPS) is 21.5. The molecule has 112 valence electrons. The highest BCUT2D eigenvalue weighted by atomic mass is 79.9. The van der Waals surface area contributed by atoms with Crippen LogP contribution < -0.4 is 10.1 Å². The van der Waals surface area contributed by atoms with Crippen molar-refractivity contribution >= 4 is 15.9 Å². The van der Waals surface area contributed by atoms with E-state index >= 15 is 0 Å². The minimum Gasteiger partial charge on any atom is -0.491 e. The van der Waals surface area contributed by atoms with Crippen molar-refractivity contribution < 1.29 is 9.84 Å². The molecule has 1 fully saturated rings. The fourth-order valence-corrected chi connectivity index (χ4v) is 3.15. The number of benzene rings is 1. The maximum Gasteiger partial charge on any atom is 0.120 e. The van der Waals surface area contributed by atoms with Gasteiger partial charge in [-0.1, -0.05) is 49.7 Å². The number of ether oxygens (including phenoxy) is 1. The van der Waals surface area contributed by atoms with E-state index in [1.807, 2.05) is 24.3 Å². The van der Waals surface area contributed by atoms with Crippen LogP contribution >= 0.6 is 15.9 Å². The molecule has 1 atom stereocenters. The van der Waals surface area contributed by atoms with Gasteiger partial charge in [0.15, 0.2) is 0 Å². The Balaban J connectivity index is 1.73. The molecule has 1 aromatic rings. The third kappa shape index (κ3) is 3.18. The molecule has 0 saturated heterocycles. The summed E-state index contributed by atoms with van der Waals surface area (Å²) in [5.74, 6) is 0.769. The summed E-state index contributed by atoms with van der Waals surface area (Å²) in [6, 6.07) is 8.10. The van der Waals surface area contributed by atoms with Crippen molar-refractivity contribution in [3.05, 3.63) is 28.7 Å². The molecule has 0 heterocycles. The van der Waals surface area contributed by atoms with E-state index in [1.165, 1.54) is 0 Å². The van der Waals surface area contributed by atoms with Gasteiger partial charge in [-0.25, -0.2) is 0 Å². The summed E-state index contributed by atoms with van der Waals surface area (Å²) in [5.41, 5.74) is 0.579. The quantitative estimate of drug-likeness (QED) is 0.834. The molecular formula is C16H24BrNO2. The zero-order chi connectivity index (χ0) is 15.0. The van der Waals surface area contributed by atoms with Gasteiger partial charge in [-0.3, -0.25) is 0 Å². The van der Waals surface area contributed by atoms with Crippen molar-refractivity contribution in [3.8, 4) is 5.75 Å². The largest absolute Gasteiger partial charge is 0.491 e. The smallest absolute Gasteiger partial charge is 0.120 e. The molecule has 1 aliphatic rings. The zero-order valence-electron chi connectivity index (χ0n) is 12.6. The van der Waals surface area contributed by atoms with E-state index in [-0.39, 0.29) is 10.8 Å². The van der Waals surface area contributed by atoms with E-state index in [9.17, 15) is 5.11 Å². The number of aliphatic hydroxyl groups excluding tert-OH is 1. The zero-order valence-corrected chi connectivity index (χ0v) is 14.2. The lowest BCUT2D eigenvalue weighted by Crippen LogP contribution is -2.34. The van der Waals surface area contributed by atoms with Crippen molar-refractivity contribution in [2.45, 2.75) is 39.8 Å². The molecule has 0 bridgehead atoms. The van der Waals surface area contributed by atoms with Crippen LogP contribution in [0.5, 0.6) is 5.75 Å².